The molecule has 4 nitrogen and oxygen atoms in total. The van der Waals surface area contributed by atoms with Gasteiger partial charge >= 0.3 is 0 Å². The van der Waals surface area contributed by atoms with Crippen LogP contribution in [-0.2, 0) is 4.79 Å². The second-order valence-electron chi connectivity index (χ2n) is 5.07. The molecular weight excluding hydrogens is 266 g/mol. The summed E-state index contributed by atoms with van der Waals surface area (Å²) in [5.41, 5.74) is 1.36. The lowest BCUT2D eigenvalue weighted by Crippen LogP contribution is -2.29. The topological polar surface area (TPSA) is 49.8 Å². The molecule has 0 fully saturated rings. The second kappa shape index (κ2) is 5.22. The molecule has 1 amide bonds. The molecule has 1 atom stereocenters. The van der Waals surface area contributed by atoms with Crippen molar-refractivity contribution >= 4 is 22.3 Å². The van der Waals surface area contributed by atoms with E-state index in [9.17, 15) is 9.90 Å². The van der Waals surface area contributed by atoms with Crippen LogP contribution in [0.15, 0.2) is 42.5 Å². The Morgan fingerprint density at radius 1 is 1.19 bits per heavy atom. The monoisotopic (exact) mass is 283 g/mol. The number of nitrogens with zero attached hydrogens (tertiary/aromatic N) is 1. The lowest BCUT2D eigenvalue weighted by Gasteiger charge is -2.13. The van der Waals surface area contributed by atoms with Gasteiger partial charge in [-0.05, 0) is 47.5 Å². The van der Waals surface area contributed by atoms with Gasteiger partial charge in [0.25, 0.3) is 5.91 Å². The van der Waals surface area contributed by atoms with Crippen LogP contribution in [0.2, 0.25) is 0 Å². The number of ether oxygens (including phenoxy) is 1. The Morgan fingerprint density at radius 3 is 2.57 bits per heavy atom. The highest BCUT2D eigenvalue weighted by atomic mass is 16.5. The predicted molar refractivity (Wildman–Crippen MR) is 81.9 cm³/mol. The highest BCUT2D eigenvalue weighted by molar-refractivity contribution is 6.22. The summed E-state index contributed by atoms with van der Waals surface area (Å²) in [6, 6.07) is 11.7. The zero-order chi connectivity index (χ0) is 15.0. The first-order chi connectivity index (χ1) is 10.1. The van der Waals surface area contributed by atoms with Crippen molar-refractivity contribution in [2.45, 2.75) is 13.2 Å². The van der Waals surface area contributed by atoms with Crippen molar-refractivity contribution < 1.29 is 14.6 Å². The molecular formula is C17H17NO3. The number of carbonyl (C=O) groups excluding carboxylic acids is 1. The van der Waals surface area contributed by atoms with E-state index in [0.717, 1.165) is 22.1 Å². The quantitative estimate of drug-likeness (QED) is 0.941. The van der Waals surface area contributed by atoms with Gasteiger partial charge in [-0.2, -0.15) is 0 Å². The summed E-state index contributed by atoms with van der Waals surface area (Å²) in [6.45, 7) is 2.59. The lowest BCUT2D eigenvalue weighted by molar-refractivity contribution is -0.127. The van der Waals surface area contributed by atoms with Crippen molar-refractivity contribution in [3.8, 4) is 5.75 Å². The molecule has 0 saturated carbocycles. The predicted octanol–water partition coefficient (Wildman–Crippen LogP) is 2.41. The first kappa shape index (κ1) is 13.6. The van der Waals surface area contributed by atoms with Crippen LogP contribution in [0.3, 0.4) is 0 Å². The van der Waals surface area contributed by atoms with Crippen LogP contribution in [0.5, 0.6) is 5.75 Å². The molecule has 0 aromatic heterocycles. The molecule has 2 aromatic rings. The highest BCUT2D eigenvalue weighted by Gasteiger charge is 2.28. The molecule has 1 aliphatic heterocycles. The minimum Gasteiger partial charge on any atom is -0.494 e. The molecule has 21 heavy (non-hydrogen) atoms. The van der Waals surface area contributed by atoms with E-state index in [1.165, 1.54) is 4.90 Å². The van der Waals surface area contributed by atoms with Gasteiger partial charge in [-0.3, -0.25) is 4.79 Å². The smallest absolute Gasteiger partial charge is 0.256 e. The van der Waals surface area contributed by atoms with Gasteiger partial charge in [0.05, 0.1) is 6.61 Å². The molecule has 108 valence electrons. The number of benzene rings is 2. The number of amides is 1. The fourth-order valence-corrected chi connectivity index (χ4v) is 2.51. The number of rotatable bonds is 3. The summed E-state index contributed by atoms with van der Waals surface area (Å²) in [7, 11) is 1.59. The van der Waals surface area contributed by atoms with Crippen molar-refractivity contribution in [2.24, 2.45) is 0 Å². The summed E-state index contributed by atoms with van der Waals surface area (Å²) >= 11 is 0. The van der Waals surface area contributed by atoms with E-state index in [1.54, 1.807) is 13.1 Å². The molecule has 1 heterocycles. The standard InChI is InChI=1S/C17H17NO3/c1-3-21-14-7-6-11-8-13(5-4-12(11)9-14)15-10-16(19)18(2)17(15)20/h4-10,16,19H,3H2,1-2H3. The van der Waals surface area contributed by atoms with E-state index in [-0.39, 0.29) is 5.91 Å². The molecule has 0 radical (unpaired) electrons. The number of fused-ring (bicyclic) bond motifs is 1. The van der Waals surface area contributed by atoms with Gasteiger partial charge < -0.3 is 14.7 Å². The van der Waals surface area contributed by atoms with Crippen LogP contribution in [0.1, 0.15) is 12.5 Å². The Hall–Kier alpha value is -2.33. The van der Waals surface area contributed by atoms with Gasteiger partial charge in [0.15, 0.2) is 0 Å². The number of carbonyl (C=O) groups is 1. The molecule has 0 saturated heterocycles. The minimum absolute atomic E-state index is 0.159. The van der Waals surface area contributed by atoms with Crippen LogP contribution in [0.4, 0.5) is 0 Å². The molecule has 0 bridgehead atoms. The van der Waals surface area contributed by atoms with Gasteiger partial charge in [-0.15, -0.1) is 0 Å². The Kier molecular flexibility index (Phi) is 3.39. The van der Waals surface area contributed by atoms with Crippen molar-refractivity contribution in [1.82, 2.24) is 4.90 Å². The van der Waals surface area contributed by atoms with Crippen molar-refractivity contribution in [2.75, 3.05) is 13.7 Å². The number of aliphatic hydroxyl groups is 1. The lowest BCUT2D eigenvalue weighted by atomic mass is 10.0. The van der Waals surface area contributed by atoms with Gasteiger partial charge in [-0.25, -0.2) is 0 Å². The Balaban J connectivity index is 2.01. The average molecular weight is 283 g/mol. The fourth-order valence-electron chi connectivity index (χ4n) is 2.51. The van der Waals surface area contributed by atoms with Crippen LogP contribution in [0.25, 0.3) is 16.3 Å². The van der Waals surface area contributed by atoms with Gasteiger partial charge in [-0.1, -0.05) is 18.2 Å². The SMILES string of the molecule is CCOc1ccc2cc(C3=CC(O)N(C)C3=O)ccc2c1. The summed E-state index contributed by atoms with van der Waals surface area (Å²) in [5.74, 6) is 0.678. The third-order valence-corrected chi connectivity index (χ3v) is 3.70. The van der Waals surface area contributed by atoms with Crippen LogP contribution in [0, 0.1) is 0 Å². The first-order valence-electron chi connectivity index (χ1n) is 6.94. The molecule has 1 aliphatic rings. The van der Waals surface area contributed by atoms with E-state index < -0.39 is 6.23 Å². The van der Waals surface area contributed by atoms with E-state index >= 15 is 0 Å². The van der Waals surface area contributed by atoms with Gasteiger partial charge in [0, 0.05) is 12.6 Å². The highest BCUT2D eigenvalue weighted by Crippen LogP contribution is 2.28. The average Bonchev–Trinajstić information content (AvgIpc) is 2.75. The first-order valence-corrected chi connectivity index (χ1v) is 6.94. The van der Waals surface area contributed by atoms with Gasteiger partial charge in [0.2, 0.25) is 0 Å². The maximum absolute atomic E-state index is 12.1. The summed E-state index contributed by atoms with van der Waals surface area (Å²) < 4.78 is 5.48. The summed E-state index contributed by atoms with van der Waals surface area (Å²) in [5, 5.41) is 11.8. The Morgan fingerprint density at radius 2 is 1.90 bits per heavy atom. The fraction of sp³-hybridized carbons (Fsp3) is 0.235. The van der Waals surface area contributed by atoms with Crippen LogP contribution in [-0.4, -0.2) is 35.8 Å². The molecule has 0 spiro atoms. The van der Waals surface area contributed by atoms with Crippen LogP contribution < -0.4 is 4.74 Å². The Labute approximate surface area is 123 Å². The summed E-state index contributed by atoms with van der Waals surface area (Å²) in [4.78, 5) is 13.4. The van der Waals surface area contributed by atoms with Crippen LogP contribution >= 0.6 is 0 Å². The third kappa shape index (κ3) is 2.38. The molecule has 0 aliphatic carbocycles. The maximum Gasteiger partial charge on any atom is 0.256 e. The number of hydrogen-bond donors (Lipinski definition) is 1. The van der Waals surface area contributed by atoms with E-state index in [0.29, 0.717) is 12.2 Å². The van der Waals surface area contributed by atoms with E-state index in [2.05, 4.69) is 0 Å². The maximum atomic E-state index is 12.1. The third-order valence-electron chi connectivity index (χ3n) is 3.70. The zero-order valence-electron chi connectivity index (χ0n) is 12.0. The van der Waals surface area contributed by atoms with E-state index in [4.69, 9.17) is 4.74 Å². The van der Waals surface area contributed by atoms with Crippen molar-refractivity contribution in [3.05, 3.63) is 48.0 Å². The molecule has 1 unspecified atom stereocenters. The molecule has 4 heteroatoms. The molecule has 3 rings (SSSR count). The van der Waals surface area contributed by atoms with Crippen molar-refractivity contribution in [1.29, 1.82) is 0 Å². The Bertz CT molecular complexity index is 736. The summed E-state index contributed by atoms with van der Waals surface area (Å²) in [6.07, 6.45) is 0.737. The minimum atomic E-state index is -0.844. The zero-order valence-corrected chi connectivity index (χ0v) is 12.0. The van der Waals surface area contributed by atoms with Crippen molar-refractivity contribution in [3.63, 3.8) is 0 Å². The number of hydrogen-bond acceptors (Lipinski definition) is 3. The largest absolute Gasteiger partial charge is 0.494 e. The van der Waals surface area contributed by atoms with Gasteiger partial charge in [0.1, 0.15) is 12.0 Å². The molecule has 1 N–H and O–H groups in total. The normalized spacial score (nSPS) is 18.2. The second-order valence-corrected chi connectivity index (χ2v) is 5.07. The number of aliphatic hydroxyl groups excluding tert-OH is 1. The van der Waals surface area contributed by atoms with E-state index in [1.807, 2.05) is 43.3 Å². The number of likely N-dealkylation sites (N-methyl/N-ethyl adjacent to an activating group) is 1. The molecule has 2 aromatic carbocycles.